The van der Waals surface area contributed by atoms with E-state index in [9.17, 15) is 9.59 Å². The van der Waals surface area contributed by atoms with Crippen LogP contribution in [0.15, 0.2) is 72.1 Å². The quantitative estimate of drug-likeness (QED) is 0.391. The highest BCUT2D eigenvalue weighted by Crippen LogP contribution is 2.35. The Bertz CT molecular complexity index is 1380. The second-order valence-corrected chi connectivity index (χ2v) is 9.96. The molecule has 0 spiro atoms. The lowest BCUT2D eigenvalue weighted by Gasteiger charge is -2.43. The third-order valence-electron chi connectivity index (χ3n) is 6.63. The highest BCUT2D eigenvalue weighted by atomic mass is 32.1. The van der Waals surface area contributed by atoms with Crippen LogP contribution in [0.3, 0.4) is 0 Å². The molecule has 5 rings (SSSR count). The van der Waals surface area contributed by atoms with Crippen LogP contribution in [-0.4, -0.2) is 34.2 Å². The Labute approximate surface area is 214 Å². The largest absolute Gasteiger partial charge is 0.497 e. The summed E-state index contributed by atoms with van der Waals surface area (Å²) in [5, 5.41) is 9.72. The van der Waals surface area contributed by atoms with Gasteiger partial charge in [-0.1, -0.05) is 37.3 Å². The third kappa shape index (κ3) is 4.28. The summed E-state index contributed by atoms with van der Waals surface area (Å²) in [5.41, 5.74) is 2.82. The number of benzene rings is 2. The number of carbonyl (C=O) groups is 2. The Balaban J connectivity index is 1.50. The number of aromatic nitrogens is 2. The van der Waals surface area contributed by atoms with E-state index in [2.05, 4.69) is 12.2 Å². The van der Waals surface area contributed by atoms with Crippen molar-refractivity contribution < 1.29 is 14.3 Å². The second-order valence-electron chi connectivity index (χ2n) is 9.01. The van der Waals surface area contributed by atoms with Crippen molar-refractivity contribution in [2.45, 2.75) is 38.9 Å². The lowest BCUT2D eigenvalue weighted by atomic mass is 9.93. The predicted octanol–water partition coefficient (Wildman–Crippen LogP) is 4.92. The minimum Gasteiger partial charge on any atom is -0.497 e. The number of carbonyl (C=O) groups excluding carboxylic acids is 2. The van der Waals surface area contributed by atoms with Crippen molar-refractivity contribution in [3.63, 3.8) is 0 Å². The molecule has 0 radical (unpaired) electrons. The zero-order valence-corrected chi connectivity index (χ0v) is 21.3. The number of anilines is 1. The maximum Gasteiger partial charge on any atom is 0.277 e. The number of hydrogen-bond donors (Lipinski definition) is 1. The highest BCUT2D eigenvalue weighted by Gasteiger charge is 2.48. The molecule has 8 heteroatoms. The Kier molecular flexibility index (Phi) is 6.36. The number of fused-ring (bicyclic) bond motifs is 1. The number of hydrogen-bond acceptors (Lipinski definition) is 5. The highest BCUT2D eigenvalue weighted by molar-refractivity contribution is 7.13. The third-order valence-corrected chi connectivity index (χ3v) is 7.52. The van der Waals surface area contributed by atoms with Gasteiger partial charge in [-0.15, -0.1) is 11.3 Å². The van der Waals surface area contributed by atoms with Crippen LogP contribution in [0, 0.1) is 0 Å². The van der Waals surface area contributed by atoms with E-state index in [-0.39, 0.29) is 18.4 Å². The lowest BCUT2D eigenvalue weighted by molar-refractivity contribution is -0.126. The molecule has 0 unspecified atom stereocenters. The molecule has 3 heterocycles. The Morgan fingerprint density at radius 2 is 1.83 bits per heavy atom. The molecule has 0 aliphatic carbocycles. The number of rotatable bonds is 7. The molecule has 1 aliphatic rings. The van der Waals surface area contributed by atoms with Crippen LogP contribution in [0.4, 0.5) is 5.69 Å². The molecule has 4 aromatic rings. The lowest BCUT2D eigenvalue weighted by Crippen LogP contribution is -2.64. The van der Waals surface area contributed by atoms with E-state index in [1.54, 1.807) is 35.0 Å². The number of amides is 2. The Morgan fingerprint density at radius 3 is 2.47 bits per heavy atom. The number of aryl methyl sites for hydroxylation is 1. The molecule has 36 heavy (non-hydrogen) atoms. The first-order valence-electron chi connectivity index (χ1n) is 11.9. The SMILES string of the molecule is CCc1ccc(N2C(=O)c3cc(-c4cccs4)nn3C[C@]2(C)C(=O)NCc2ccc(OC)cc2)cc1. The van der Waals surface area contributed by atoms with E-state index < -0.39 is 5.54 Å². The maximum atomic E-state index is 13.9. The van der Waals surface area contributed by atoms with Crippen LogP contribution in [0.5, 0.6) is 5.75 Å². The van der Waals surface area contributed by atoms with E-state index in [1.165, 1.54) is 5.56 Å². The fourth-order valence-electron chi connectivity index (χ4n) is 4.53. The zero-order chi connectivity index (χ0) is 25.3. The second kappa shape index (κ2) is 9.62. The molecule has 1 atom stereocenters. The van der Waals surface area contributed by atoms with Crippen LogP contribution in [-0.2, 0) is 24.3 Å². The Hall–Kier alpha value is -3.91. The van der Waals surface area contributed by atoms with Gasteiger partial charge in [0.05, 0.1) is 18.5 Å². The number of methoxy groups -OCH3 is 1. The van der Waals surface area contributed by atoms with E-state index in [4.69, 9.17) is 9.84 Å². The zero-order valence-electron chi connectivity index (χ0n) is 20.5. The average molecular weight is 501 g/mol. The average Bonchev–Trinajstić information content (AvgIpc) is 3.58. The van der Waals surface area contributed by atoms with E-state index in [0.717, 1.165) is 28.3 Å². The van der Waals surface area contributed by atoms with E-state index in [0.29, 0.717) is 17.9 Å². The van der Waals surface area contributed by atoms with Gasteiger partial charge in [0.15, 0.2) is 0 Å². The van der Waals surface area contributed by atoms with Crippen molar-refractivity contribution in [1.82, 2.24) is 15.1 Å². The summed E-state index contributed by atoms with van der Waals surface area (Å²) in [6, 6.07) is 21.1. The number of ether oxygens (including phenoxy) is 1. The van der Waals surface area contributed by atoms with Gasteiger partial charge in [-0.3, -0.25) is 19.2 Å². The predicted molar refractivity (Wildman–Crippen MR) is 141 cm³/mol. The summed E-state index contributed by atoms with van der Waals surface area (Å²) in [6.07, 6.45) is 0.894. The number of nitrogens with zero attached hydrogens (tertiary/aromatic N) is 3. The fourth-order valence-corrected chi connectivity index (χ4v) is 5.21. The molecule has 2 aromatic carbocycles. The van der Waals surface area contributed by atoms with Crippen LogP contribution >= 0.6 is 11.3 Å². The molecular formula is C28H28N4O3S. The van der Waals surface area contributed by atoms with Crippen LogP contribution < -0.4 is 15.0 Å². The summed E-state index contributed by atoms with van der Waals surface area (Å²) in [5.74, 6) is 0.261. The molecule has 184 valence electrons. The normalized spacial score (nSPS) is 17.1. The molecule has 7 nitrogen and oxygen atoms in total. The molecule has 0 saturated carbocycles. The van der Waals surface area contributed by atoms with Gasteiger partial charge in [0.2, 0.25) is 5.91 Å². The molecular weight excluding hydrogens is 472 g/mol. The van der Waals surface area contributed by atoms with Crippen LogP contribution in [0.1, 0.15) is 35.5 Å². The first kappa shape index (κ1) is 23.8. The van der Waals surface area contributed by atoms with Crippen molar-refractivity contribution >= 4 is 28.8 Å². The number of thiophene rings is 1. The monoisotopic (exact) mass is 500 g/mol. The van der Waals surface area contributed by atoms with E-state index >= 15 is 0 Å². The molecule has 0 fully saturated rings. The van der Waals surface area contributed by atoms with Gasteiger partial charge in [-0.2, -0.15) is 5.10 Å². The standard InChI is InChI=1S/C28H28N4O3S/c1-4-19-7-11-21(12-8-19)32-26(33)24-16-23(25-6-5-15-36-25)30-31(24)18-28(32,2)27(34)29-17-20-9-13-22(35-3)14-10-20/h5-16H,4,17-18H2,1-3H3,(H,29,34)/t28-/m1/s1. The summed E-state index contributed by atoms with van der Waals surface area (Å²) in [6.45, 7) is 4.46. The molecule has 1 aliphatic heterocycles. The van der Waals surface area contributed by atoms with Gasteiger partial charge >= 0.3 is 0 Å². The Morgan fingerprint density at radius 1 is 1.11 bits per heavy atom. The topological polar surface area (TPSA) is 76.5 Å². The fraction of sp³-hybridized carbons (Fsp3) is 0.250. The minimum atomic E-state index is -1.18. The molecule has 0 bridgehead atoms. The van der Waals surface area contributed by atoms with Crippen LogP contribution in [0.25, 0.3) is 10.6 Å². The first-order chi connectivity index (χ1) is 17.4. The van der Waals surface area contributed by atoms with Gasteiger partial charge < -0.3 is 10.1 Å². The van der Waals surface area contributed by atoms with Crippen LogP contribution in [0.2, 0.25) is 0 Å². The van der Waals surface area contributed by atoms with Gasteiger partial charge in [-0.05, 0) is 66.2 Å². The minimum absolute atomic E-state index is 0.240. The first-order valence-corrected chi connectivity index (χ1v) is 12.8. The van der Waals surface area contributed by atoms with Crippen molar-refractivity contribution in [1.29, 1.82) is 0 Å². The van der Waals surface area contributed by atoms with Gasteiger partial charge in [0, 0.05) is 12.2 Å². The molecule has 2 amide bonds. The number of nitrogens with one attached hydrogen (secondary N) is 1. The summed E-state index contributed by atoms with van der Waals surface area (Å²) >= 11 is 1.57. The molecule has 2 aromatic heterocycles. The summed E-state index contributed by atoms with van der Waals surface area (Å²) < 4.78 is 6.89. The van der Waals surface area contributed by atoms with Gasteiger partial charge in [0.25, 0.3) is 5.91 Å². The smallest absolute Gasteiger partial charge is 0.277 e. The molecule has 1 N–H and O–H groups in total. The summed E-state index contributed by atoms with van der Waals surface area (Å²) in [7, 11) is 1.62. The molecule has 0 saturated heterocycles. The van der Waals surface area contributed by atoms with Crippen molar-refractivity contribution in [3.8, 4) is 16.3 Å². The van der Waals surface area contributed by atoms with Crippen molar-refractivity contribution in [2.24, 2.45) is 0 Å². The summed E-state index contributed by atoms with van der Waals surface area (Å²) in [4.78, 5) is 30.2. The van der Waals surface area contributed by atoms with E-state index in [1.807, 2.05) is 72.1 Å². The maximum absolute atomic E-state index is 13.9. The van der Waals surface area contributed by atoms with Crippen molar-refractivity contribution in [2.75, 3.05) is 12.0 Å². The van der Waals surface area contributed by atoms with Gasteiger partial charge in [-0.25, -0.2) is 0 Å². The van der Waals surface area contributed by atoms with Gasteiger partial charge in [0.1, 0.15) is 22.7 Å². The van der Waals surface area contributed by atoms with Crippen molar-refractivity contribution in [3.05, 3.63) is 88.9 Å².